The highest BCUT2D eigenvalue weighted by molar-refractivity contribution is 7.98. The maximum Gasteiger partial charge on any atom is 0.313 e. The van der Waals surface area contributed by atoms with Crippen molar-refractivity contribution >= 4 is 11.8 Å². The molecular formula is C19H17FN2O3S. The van der Waals surface area contributed by atoms with E-state index in [1.807, 2.05) is 30.3 Å². The van der Waals surface area contributed by atoms with E-state index in [0.29, 0.717) is 24.7 Å². The molecule has 0 aliphatic heterocycles. The Bertz CT molecular complexity index is 983. The molecule has 1 heterocycles. The number of hydrogen-bond acceptors (Lipinski definition) is 4. The molecule has 0 saturated heterocycles. The van der Waals surface area contributed by atoms with Gasteiger partial charge in [-0.1, -0.05) is 24.3 Å². The van der Waals surface area contributed by atoms with Crippen LogP contribution in [0.4, 0.5) is 4.39 Å². The van der Waals surface area contributed by atoms with Crippen LogP contribution in [-0.2, 0) is 23.7 Å². The summed E-state index contributed by atoms with van der Waals surface area (Å²) in [6.07, 6.45) is 1.51. The minimum atomic E-state index is -0.652. The molecule has 0 saturated carbocycles. The highest BCUT2D eigenvalue weighted by Gasteiger charge is 2.01. The van der Waals surface area contributed by atoms with E-state index in [-0.39, 0.29) is 5.82 Å². The van der Waals surface area contributed by atoms with Crippen LogP contribution in [0.2, 0.25) is 0 Å². The summed E-state index contributed by atoms with van der Waals surface area (Å²) in [5, 5.41) is 0. The summed E-state index contributed by atoms with van der Waals surface area (Å²) >= 11 is 1.54. The van der Waals surface area contributed by atoms with Crippen LogP contribution in [-0.4, -0.2) is 9.97 Å². The molecule has 2 aromatic carbocycles. The van der Waals surface area contributed by atoms with Crippen molar-refractivity contribution in [3.05, 3.63) is 98.1 Å². The molecule has 0 atom stereocenters. The van der Waals surface area contributed by atoms with Crippen molar-refractivity contribution in [2.45, 2.75) is 23.9 Å². The number of ether oxygens (including phenoxy) is 1. The monoisotopic (exact) mass is 372 g/mol. The molecule has 0 aliphatic carbocycles. The summed E-state index contributed by atoms with van der Waals surface area (Å²) < 4.78 is 18.7. The average molecular weight is 372 g/mol. The molecule has 134 valence electrons. The molecule has 1 aromatic heterocycles. The second kappa shape index (κ2) is 8.64. The van der Waals surface area contributed by atoms with Gasteiger partial charge in [-0.05, 0) is 35.4 Å². The fourth-order valence-corrected chi connectivity index (χ4v) is 3.10. The minimum Gasteiger partial charge on any atom is -0.372 e. The van der Waals surface area contributed by atoms with Crippen LogP contribution in [0.15, 0.2) is 69.2 Å². The largest absolute Gasteiger partial charge is 0.372 e. The summed E-state index contributed by atoms with van der Waals surface area (Å²) in [6, 6.07) is 14.2. The van der Waals surface area contributed by atoms with Crippen molar-refractivity contribution in [2.24, 2.45) is 0 Å². The average Bonchev–Trinajstić information content (AvgIpc) is 2.64. The number of nitrogens with one attached hydrogen (secondary N) is 2. The lowest BCUT2D eigenvalue weighted by molar-refractivity contribution is 0.107. The zero-order valence-electron chi connectivity index (χ0n) is 13.8. The quantitative estimate of drug-likeness (QED) is 0.493. The summed E-state index contributed by atoms with van der Waals surface area (Å²) in [6.45, 7) is 0.794. The van der Waals surface area contributed by atoms with E-state index >= 15 is 0 Å². The first-order chi connectivity index (χ1) is 12.6. The fourth-order valence-electron chi connectivity index (χ4n) is 2.29. The number of halogens is 1. The molecule has 3 rings (SSSR count). The van der Waals surface area contributed by atoms with Gasteiger partial charge in [0.15, 0.2) is 0 Å². The molecule has 7 heteroatoms. The molecule has 0 amide bonds. The van der Waals surface area contributed by atoms with E-state index in [9.17, 15) is 14.0 Å². The number of hydrogen-bond donors (Lipinski definition) is 2. The van der Waals surface area contributed by atoms with Crippen LogP contribution < -0.4 is 11.1 Å². The predicted molar refractivity (Wildman–Crippen MR) is 98.6 cm³/mol. The summed E-state index contributed by atoms with van der Waals surface area (Å²) in [4.78, 5) is 28.3. The van der Waals surface area contributed by atoms with E-state index < -0.39 is 11.1 Å². The van der Waals surface area contributed by atoms with Gasteiger partial charge in [0.25, 0.3) is 0 Å². The van der Waals surface area contributed by atoms with E-state index in [1.165, 1.54) is 18.3 Å². The second-order valence-electron chi connectivity index (χ2n) is 5.65. The van der Waals surface area contributed by atoms with Crippen molar-refractivity contribution in [3.63, 3.8) is 0 Å². The Morgan fingerprint density at radius 1 is 0.962 bits per heavy atom. The standard InChI is InChI=1S/C19H17FN2O3S/c20-15-3-1-2-14(8-15)11-25-10-13-4-6-17(7-5-13)26-12-16-9-21-18(23)19(24)22-16/h1-9H,10-12H2,(H,21,23)(H,22,24). The highest BCUT2D eigenvalue weighted by atomic mass is 32.2. The first kappa shape index (κ1) is 18.2. The Morgan fingerprint density at radius 2 is 1.73 bits per heavy atom. The van der Waals surface area contributed by atoms with Crippen molar-refractivity contribution in [1.29, 1.82) is 0 Å². The predicted octanol–water partition coefficient (Wildman–Crippen LogP) is 3.21. The van der Waals surface area contributed by atoms with Crippen molar-refractivity contribution in [2.75, 3.05) is 0 Å². The molecular weight excluding hydrogens is 355 g/mol. The molecule has 0 unspecified atom stereocenters. The maximum absolute atomic E-state index is 13.1. The highest BCUT2D eigenvalue weighted by Crippen LogP contribution is 2.22. The smallest absolute Gasteiger partial charge is 0.313 e. The first-order valence-corrected chi connectivity index (χ1v) is 8.93. The molecule has 0 spiro atoms. The van der Waals surface area contributed by atoms with Gasteiger partial charge >= 0.3 is 11.1 Å². The second-order valence-corrected chi connectivity index (χ2v) is 6.70. The summed E-state index contributed by atoms with van der Waals surface area (Å²) in [5.41, 5.74) is 1.17. The maximum atomic E-state index is 13.1. The fraction of sp³-hybridized carbons (Fsp3) is 0.158. The van der Waals surface area contributed by atoms with E-state index in [2.05, 4.69) is 9.97 Å². The third-order valence-electron chi connectivity index (χ3n) is 3.60. The van der Waals surface area contributed by atoms with E-state index in [1.54, 1.807) is 17.8 Å². The van der Waals surface area contributed by atoms with E-state index in [4.69, 9.17) is 4.74 Å². The zero-order chi connectivity index (χ0) is 18.4. The summed E-state index contributed by atoms with van der Waals surface area (Å²) in [5.74, 6) is 0.276. The first-order valence-electron chi connectivity index (χ1n) is 7.95. The van der Waals surface area contributed by atoms with Crippen molar-refractivity contribution in [3.8, 4) is 0 Å². The van der Waals surface area contributed by atoms with Crippen LogP contribution in [0.25, 0.3) is 0 Å². The van der Waals surface area contributed by atoms with E-state index in [0.717, 1.165) is 16.0 Å². The molecule has 3 aromatic rings. The molecule has 0 bridgehead atoms. The van der Waals surface area contributed by atoms with Crippen molar-refractivity contribution < 1.29 is 9.13 Å². The normalized spacial score (nSPS) is 10.8. The lowest BCUT2D eigenvalue weighted by atomic mass is 10.2. The third-order valence-corrected chi connectivity index (χ3v) is 4.66. The van der Waals surface area contributed by atoms with Gasteiger partial charge in [-0.15, -0.1) is 11.8 Å². The van der Waals surface area contributed by atoms with Gasteiger partial charge in [-0.25, -0.2) is 4.39 Å². The molecule has 0 fully saturated rings. The SMILES string of the molecule is O=c1[nH]cc(CSc2ccc(COCc3cccc(F)c3)cc2)[nH]c1=O. The summed E-state index contributed by atoms with van der Waals surface area (Å²) in [7, 11) is 0. The Morgan fingerprint density at radius 3 is 2.46 bits per heavy atom. The van der Waals surface area contributed by atoms with Gasteiger partial charge < -0.3 is 14.7 Å². The Balaban J connectivity index is 1.49. The molecule has 2 N–H and O–H groups in total. The number of H-pyrrole nitrogens is 2. The van der Waals surface area contributed by atoms with Gasteiger partial charge in [0.1, 0.15) is 5.82 Å². The molecule has 26 heavy (non-hydrogen) atoms. The van der Waals surface area contributed by atoms with Crippen molar-refractivity contribution in [1.82, 2.24) is 9.97 Å². The lowest BCUT2D eigenvalue weighted by Gasteiger charge is -2.06. The van der Waals surface area contributed by atoms with Crippen LogP contribution in [0, 0.1) is 5.82 Å². The van der Waals surface area contributed by atoms with Gasteiger partial charge in [-0.3, -0.25) is 9.59 Å². The molecule has 0 aliphatic rings. The van der Waals surface area contributed by atoms with Gasteiger partial charge in [-0.2, -0.15) is 0 Å². The Kier molecular flexibility index (Phi) is 6.04. The Hall–Kier alpha value is -2.64. The third kappa shape index (κ3) is 5.18. The topological polar surface area (TPSA) is 75.0 Å². The molecule has 5 nitrogen and oxygen atoms in total. The Labute approximate surface area is 153 Å². The van der Waals surface area contributed by atoms with Gasteiger partial charge in [0.2, 0.25) is 0 Å². The lowest BCUT2D eigenvalue weighted by Crippen LogP contribution is -2.29. The number of aromatic amines is 2. The van der Waals surface area contributed by atoms with Crippen LogP contribution in [0.1, 0.15) is 16.8 Å². The number of benzene rings is 2. The van der Waals surface area contributed by atoms with Crippen LogP contribution in [0.3, 0.4) is 0 Å². The van der Waals surface area contributed by atoms with Crippen LogP contribution in [0.5, 0.6) is 0 Å². The number of thioether (sulfide) groups is 1. The van der Waals surface area contributed by atoms with Gasteiger partial charge in [0.05, 0.1) is 13.2 Å². The number of aromatic nitrogens is 2. The van der Waals surface area contributed by atoms with Gasteiger partial charge in [0, 0.05) is 22.5 Å². The zero-order valence-corrected chi connectivity index (χ0v) is 14.6. The number of rotatable bonds is 7. The minimum absolute atomic E-state index is 0.267. The van der Waals surface area contributed by atoms with Crippen LogP contribution >= 0.6 is 11.8 Å². The molecule has 0 radical (unpaired) electrons.